The summed E-state index contributed by atoms with van der Waals surface area (Å²) in [6, 6.07) is 5.11. The summed E-state index contributed by atoms with van der Waals surface area (Å²) in [6.45, 7) is 3.90. The summed E-state index contributed by atoms with van der Waals surface area (Å²) in [7, 11) is 0. The van der Waals surface area contributed by atoms with Gasteiger partial charge in [-0.2, -0.15) is 0 Å². The number of piperidine rings is 1. The summed E-state index contributed by atoms with van der Waals surface area (Å²) < 4.78 is 0. The average molecular weight is 315 g/mol. The van der Waals surface area contributed by atoms with E-state index in [4.69, 9.17) is 23.2 Å². The molecule has 0 aliphatic carbocycles. The predicted molar refractivity (Wildman–Crippen MR) is 84.5 cm³/mol. The van der Waals surface area contributed by atoms with Crippen LogP contribution in [0.25, 0.3) is 0 Å². The van der Waals surface area contributed by atoms with E-state index in [1.54, 1.807) is 18.2 Å². The van der Waals surface area contributed by atoms with Crippen LogP contribution in [-0.4, -0.2) is 19.0 Å². The molecule has 0 radical (unpaired) electrons. The van der Waals surface area contributed by atoms with E-state index in [-0.39, 0.29) is 11.3 Å². The number of nitrogens with one attached hydrogen (secondary N) is 2. The normalized spacial score (nSPS) is 17.8. The second-order valence-electron chi connectivity index (χ2n) is 5.39. The number of carbonyl (C=O) groups excluding carboxylic acids is 1. The molecule has 1 fully saturated rings. The molecule has 1 aliphatic heterocycles. The number of amides is 1. The second-order valence-corrected chi connectivity index (χ2v) is 6.27. The molecule has 1 aromatic carbocycles. The molecule has 0 atom stereocenters. The van der Waals surface area contributed by atoms with Gasteiger partial charge in [0.2, 0.25) is 5.91 Å². The summed E-state index contributed by atoms with van der Waals surface area (Å²) in [5.41, 5.74) is 0.399. The van der Waals surface area contributed by atoms with Crippen LogP contribution in [-0.2, 0) is 4.79 Å². The Morgan fingerprint density at radius 3 is 2.40 bits per heavy atom. The standard InChI is InChI=1S/C15H20Cl2N2O/c1-2-3-15(4-6-18-7-5-15)14(20)19-13-9-11(16)8-12(17)10-13/h8-10,18H,2-7H2,1H3,(H,19,20). The Bertz CT molecular complexity index is 459. The van der Waals surface area contributed by atoms with Crippen molar-refractivity contribution in [3.05, 3.63) is 28.2 Å². The molecular weight excluding hydrogens is 295 g/mol. The van der Waals surface area contributed by atoms with E-state index in [0.29, 0.717) is 15.7 Å². The molecule has 1 saturated heterocycles. The second kappa shape index (κ2) is 6.79. The van der Waals surface area contributed by atoms with E-state index in [9.17, 15) is 4.79 Å². The highest BCUT2D eigenvalue weighted by molar-refractivity contribution is 6.35. The van der Waals surface area contributed by atoms with Crippen LogP contribution in [0.15, 0.2) is 18.2 Å². The maximum atomic E-state index is 12.7. The van der Waals surface area contributed by atoms with Gasteiger partial charge in [0.25, 0.3) is 0 Å². The lowest BCUT2D eigenvalue weighted by molar-refractivity contribution is -0.127. The summed E-state index contributed by atoms with van der Waals surface area (Å²) in [6.07, 6.45) is 3.67. The largest absolute Gasteiger partial charge is 0.326 e. The highest BCUT2D eigenvalue weighted by Crippen LogP contribution is 2.35. The van der Waals surface area contributed by atoms with E-state index >= 15 is 0 Å². The lowest BCUT2D eigenvalue weighted by Crippen LogP contribution is -2.44. The monoisotopic (exact) mass is 314 g/mol. The molecule has 110 valence electrons. The first-order valence-electron chi connectivity index (χ1n) is 7.04. The van der Waals surface area contributed by atoms with Gasteiger partial charge in [-0.25, -0.2) is 0 Å². The van der Waals surface area contributed by atoms with Crippen LogP contribution in [0.4, 0.5) is 5.69 Å². The summed E-state index contributed by atoms with van der Waals surface area (Å²) in [4.78, 5) is 12.7. The van der Waals surface area contributed by atoms with Crippen LogP contribution >= 0.6 is 23.2 Å². The molecule has 1 aliphatic rings. The Morgan fingerprint density at radius 2 is 1.85 bits per heavy atom. The van der Waals surface area contributed by atoms with Gasteiger partial charge >= 0.3 is 0 Å². The molecule has 20 heavy (non-hydrogen) atoms. The van der Waals surface area contributed by atoms with Crippen LogP contribution in [0.3, 0.4) is 0 Å². The summed E-state index contributed by atoms with van der Waals surface area (Å²) >= 11 is 11.9. The Morgan fingerprint density at radius 1 is 1.25 bits per heavy atom. The maximum absolute atomic E-state index is 12.7. The molecule has 5 heteroatoms. The zero-order chi connectivity index (χ0) is 14.6. The zero-order valence-electron chi connectivity index (χ0n) is 11.6. The number of benzene rings is 1. The lowest BCUT2D eigenvalue weighted by atomic mass is 9.74. The van der Waals surface area contributed by atoms with Gasteiger partial charge in [0.05, 0.1) is 5.41 Å². The molecule has 1 amide bonds. The number of anilines is 1. The Hall–Kier alpha value is -0.770. The fourth-order valence-corrected chi connectivity index (χ4v) is 3.39. The number of rotatable bonds is 4. The first-order chi connectivity index (χ1) is 9.55. The number of hydrogen-bond acceptors (Lipinski definition) is 2. The first-order valence-corrected chi connectivity index (χ1v) is 7.79. The number of halogens is 2. The first kappa shape index (κ1) is 15.6. The van der Waals surface area contributed by atoms with Crippen LogP contribution in [0.2, 0.25) is 10.0 Å². The number of hydrogen-bond donors (Lipinski definition) is 2. The molecule has 2 rings (SSSR count). The summed E-state index contributed by atoms with van der Waals surface area (Å²) in [5.74, 6) is 0.0826. The quantitative estimate of drug-likeness (QED) is 0.878. The summed E-state index contributed by atoms with van der Waals surface area (Å²) in [5, 5.41) is 7.36. The van der Waals surface area contributed by atoms with Crippen molar-refractivity contribution in [1.82, 2.24) is 5.32 Å². The molecule has 1 aromatic rings. The molecule has 2 N–H and O–H groups in total. The molecule has 0 unspecified atom stereocenters. The van der Waals surface area contributed by atoms with Crippen LogP contribution < -0.4 is 10.6 Å². The Kier molecular flexibility index (Phi) is 5.30. The lowest BCUT2D eigenvalue weighted by Gasteiger charge is -2.36. The minimum atomic E-state index is -0.269. The van der Waals surface area contributed by atoms with Gasteiger partial charge in [-0.15, -0.1) is 0 Å². The minimum absolute atomic E-state index is 0.0826. The van der Waals surface area contributed by atoms with E-state index in [2.05, 4.69) is 17.6 Å². The number of carbonyl (C=O) groups is 1. The van der Waals surface area contributed by atoms with Crippen LogP contribution in [0, 0.1) is 5.41 Å². The van der Waals surface area contributed by atoms with E-state index < -0.39 is 0 Å². The van der Waals surface area contributed by atoms with Gasteiger partial charge < -0.3 is 10.6 Å². The van der Waals surface area contributed by atoms with Crippen molar-refractivity contribution in [1.29, 1.82) is 0 Å². The SMILES string of the molecule is CCCC1(C(=O)Nc2cc(Cl)cc(Cl)c2)CCNCC1. The molecule has 0 saturated carbocycles. The Labute approximate surface area is 130 Å². The highest BCUT2D eigenvalue weighted by atomic mass is 35.5. The van der Waals surface area contributed by atoms with Gasteiger partial charge in [0.1, 0.15) is 0 Å². The van der Waals surface area contributed by atoms with Gasteiger partial charge in [0.15, 0.2) is 0 Å². The fraction of sp³-hybridized carbons (Fsp3) is 0.533. The topological polar surface area (TPSA) is 41.1 Å². The smallest absolute Gasteiger partial charge is 0.230 e. The van der Waals surface area contributed by atoms with E-state index in [1.807, 2.05) is 0 Å². The molecule has 0 bridgehead atoms. The van der Waals surface area contributed by atoms with E-state index in [0.717, 1.165) is 38.8 Å². The van der Waals surface area contributed by atoms with Crippen molar-refractivity contribution in [3.8, 4) is 0 Å². The van der Waals surface area contributed by atoms with Gasteiger partial charge in [0, 0.05) is 15.7 Å². The van der Waals surface area contributed by atoms with Gasteiger partial charge in [-0.3, -0.25) is 4.79 Å². The van der Waals surface area contributed by atoms with Crippen molar-refractivity contribution in [3.63, 3.8) is 0 Å². The molecular formula is C15H20Cl2N2O. The third kappa shape index (κ3) is 3.66. The highest BCUT2D eigenvalue weighted by Gasteiger charge is 2.38. The zero-order valence-corrected chi connectivity index (χ0v) is 13.2. The maximum Gasteiger partial charge on any atom is 0.230 e. The van der Waals surface area contributed by atoms with Crippen molar-refractivity contribution >= 4 is 34.8 Å². The van der Waals surface area contributed by atoms with Gasteiger partial charge in [-0.1, -0.05) is 36.5 Å². The van der Waals surface area contributed by atoms with Crippen LogP contribution in [0.5, 0.6) is 0 Å². The fourth-order valence-electron chi connectivity index (χ4n) is 2.86. The Balaban J connectivity index is 2.15. The van der Waals surface area contributed by atoms with Crippen molar-refractivity contribution in [2.45, 2.75) is 32.6 Å². The average Bonchev–Trinajstić information content (AvgIpc) is 2.38. The predicted octanol–water partition coefficient (Wildman–Crippen LogP) is 4.10. The molecule has 3 nitrogen and oxygen atoms in total. The van der Waals surface area contributed by atoms with Crippen molar-refractivity contribution in [2.75, 3.05) is 18.4 Å². The van der Waals surface area contributed by atoms with Crippen LogP contribution in [0.1, 0.15) is 32.6 Å². The minimum Gasteiger partial charge on any atom is -0.326 e. The molecule has 1 heterocycles. The van der Waals surface area contributed by atoms with Gasteiger partial charge in [-0.05, 0) is 50.6 Å². The molecule has 0 spiro atoms. The van der Waals surface area contributed by atoms with Crippen molar-refractivity contribution in [2.24, 2.45) is 5.41 Å². The third-order valence-electron chi connectivity index (χ3n) is 3.89. The van der Waals surface area contributed by atoms with E-state index in [1.165, 1.54) is 0 Å². The van der Waals surface area contributed by atoms with Crippen molar-refractivity contribution < 1.29 is 4.79 Å². The third-order valence-corrected chi connectivity index (χ3v) is 4.33. The molecule has 0 aromatic heterocycles.